The summed E-state index contributed by atoms with van der Waals surface area (Å²) in [6.45, 7) is 0.188. The average molecular weight is 397 g/mol. The smallest absolute Gasteiger partial charge is 0.422 e. The van der Waals surface area contributed by atoms with Crippen molar-refractivity contribution in [1.29, 1.82) is 0 Å². The molecule has 28 heavy (non-hydrogen) atoms. The van der Waals surface area contributed by atoms with Crippen molar-refractivity contribution in [1.82, 2.24) is 15.2 Å². The number of esters is 1. The summed E-state index contributed by atoms with van der Waals surface area (Å²) >= 11 is 0. The second-order valence-corrected chi connectivity index (χ2v) is 7.11. The Morgan fingerprint density at radius 1 is 1.32 bits per heavy atom. The van der Waals surface area contributed by atoms with Crippen LogP contribution in [0.5, 0.6) is 0 Å². The van der Waals surface area contributed by atoms with Gasteiger partial charge in [-0.15, -0.1) is 0 Å². The number of pyridine rings is 1. The summed E-state index contributed by atoms with van der Waals surface area (Å²) in [5.74, 6) is -0.978. The van der Waals surface area contributed by atoms with Crippen molar-refractivity contribution in [2.45, 2.75) is 31.6 Å². The van der Waals surface area contributed by atoms with Crippen LogP contribution < -0.4 is 5.32 Å². The van der Waals surface area contributed by atoms with Crippen molar-refractivity contribution in [2.24, 2.45) is 5.92 Å². The van der Waals surface area contributed by atoms with E-state index in [4.69, 9.17) is 4.42 Å². The van der Waals surface area contributed by atoms with Gasteiger partial charge in [-0.2, -0.15) is 13.2 Å². The summed E-state index contributed by atoms with van der Waals surface area (Å²) in [5.41, 5.74) is 0.0496. The number of furan rings is 1. The second-order valence-electron chi connectivity index (χ2n) is 7.11. The van der Waals surface area contributed by atoms with E-state index in [9.17, 15) is 22.8 Å². The number of hydrogen-bond donors (Lipinski definition) is 1. The average Bonchev–Trinajstić information content (AvgIpc) is 3.10. The zero-order valence-corrected chi connectivity index (χ0v) is 14.8. The highest BCUT2D eigenvalue weighted by molar-refractivity contribution is 6.05. The molecule has 1 amide bonds. The van der Waals surface area contributed by atoms with Gasteiger partial charge in [-0.25, -0.2) is 9.78 Å². The number of nitrogens with one attached hydrogen (secondary N) is 1. The van der Waals surface area contributed by atoms with Crippen molar-refractivity contribution < 1.29 is 31.9 Å². The molecule has 1 unspecified atom stereocenters. The number of aromatic nitrogens is 1. The van der Waals surface area contributed by atoms with E-state index in [0.717, 1.165) is 38.6 Å². The van der Waals surface area contributed by atoms with Crippen LogP contribution >= 0.6 is 0 Å². The summed E-state index contributed by atoms with van der Waals surface area (Å²) in [6, 6.07) is 1.33. The molecule has 0 aromatic carbocycles. The monoisotopic (exact) mass is 397 g/mol. The van der Waals surface area contributed by atoms with Crippen molar-refractivity contribution in [3.8, 4) is 0 Å². The van der Waals surface area contributed by atoms with Crippen molar-refractivity contribution in [3.05, 3.63) is 29.8 Å². The quantitative estimate of drug-likeness (QED) is 0.799. The van der Waals surface area contributed by atoms with E-state index < -0.39 is 24.7 Å². The van der Waals surface area contributed by atoms with Gasteiger partial charge in [-0.05, 0) is 31.2 Å². The molecule has 2 aromatic rings. The van der Waals surface area contributed by atoms with Gasteiger partial charge in [0.25, 0.3) is 5.91 Å². The minimum absolute atomic E-state index is 0.0569. The van der Waals surface area contributed by atoms with Gasteiger partial charge < -0.3 is 14.5 Å². The van der Waals surface area contributed by atoms with Crippen LogP contribution in [-0.4, -0.2) is 53.8 Å². The Hall–Kier alpha value is -2.62. The van der Waals surface area contributed by atoms with E-state index in [0.29, 0.717) is 5.92 Å². The molecule has 3 aliphatic heterocycles. The fraction of sp³-hybridized carbons (Fsp3) is 0.500. The highest BCUT2D eigenvalue weighted by Gasteiger charge is 2.35. The fourth-order valence-corrected chi connectivity index (χ4v) is 3.78. The Balaban J connectivity index is 1.50. The highest BCUT2D eigenvalue weighted by atomic mass is 19.4. The molecule has 2 bridgehead atoms. The Labute approximate surface area is 157 Å². The van der Waals surface area contributed by atoms with Gasteiger partial charge in [0.2, 0.25) is 0 Å². The number of halogens is 3. The third kappa shape index (κ3) is 3.82. The standard InChI is InChI=1S/C18H18F3N3O4/c19-18(20,21)9-28-17(26)12-8-27-14-7-22-13(6-11(12)14)16(25)23-15-5-10-1-3-24(15)4-2-10/h6-8,10,15H,1-5,9H2,(H,23,25). The lowest BCUT2D eigenvalue weighted by Gasteiger charge is -2.45. The largest absolute Gasteiger partial charge is 0.462 e. The third-order valence-electron chi connectivity index (χ3n) is 5.22. The molecule has 7 nitrogen and oxygen atoms in total. The number of hydrogen-bond acceptors (Lipinski definition) is 6. The zero-order valence-electron chi connectivity index (χ0n) is 14.8. The van der Waals surface area contributed by atoms with Gasteiger partial charge in [-0.1, -0.05) is 0 Å². The number of nitrogens with zero attached hydrogens (tertiary/aromatic N) is 2. The molecule has 0 radical (unpaired) electrons. The normalized spacial score (nSPS) is 24.3. The zero-order chi connectivity index (χ0) is 19.9. The van der Waals surface area contributed by atoms with E-state index in [1.807, 2.05) is 0 Å². The number of alkyl halides is 3. The maximum Gasteiger partial charge on any atom is 0.422 e. The number of rotatable bonds is 4. The van der Waals surface area contributed by atoms with Gasteiger partial charge in [0.1, 0.15) is 17.5 Å². The molecule has 0 spiro atoms. The van der Waals surface area contributed by atoms with Crippen LogP contribution in [0.25, 0.3) is 11.0 Å². The molecular formula is C18H18F3N3O4. The molecule has 3 saturated heterocycles. The molecule has 3 fully saturated rings. The first-order chi connectivity index (χ1) is 13.3. The summed E-state index contributed by atoms with van der Waals surface area (Å²) < 4.78 is 46.2. The molecule has 0 saturated carbocycles. The van der Waals surface area contributed by atoms with Gasteiger partial charge in [-0.3, -0.25) is 9.69 Å². The van der Waals surface area contributed by atoms with Gasteiger partial charge >= 0.3 is 12.1 Å². The Morgan fingerprint density at radius 2 is 2.07 bits per heavy atom. The Kier molecular flexibility index (Phi) is 4.74. The molecule has 5 heterocycles. The summed E-state index contributed by atoms with van der Waals surface area (Å²) in [7, 11) is 0. The summed E-state index contributed by atoms with van der Waals surface area (Å²) in [4.78, 5) is 30.8. The first kappa shape index (κ1) is 18.7. The lowest BCUT2D eigenvalue weighted by molar-refractivity contribution is -0.161. The lowest BCUT2D eigenvalue weighted by atomic mass is 9.86. The minimum Gasteiger partial charge on any atom is -0.462 e. The molecule has 3 aliphatic rings. The number of fused-ring (bicyclic) bond motifs is 4. The Morgan fingerprint density at radius 3 is 2.71 bits per heavy atom. The van der Waals surface area contributed by atoms with E-state index >= 15 is 0 Å². The van der Waals surface area contributed by atoms with Gasteiger partial charge in [0, 0.05) is 18.5 Å². The number of carbonyl (C=O) groups excluding carboxylic acids is 2. The summed E-state index contributed by atoms with van der Waals surface area (Å²) in [5, 5.41) is 3.12. The Bertz CT molecular complexity index is 903. The second kappa shape index (κ2) is 7.08. The van der Waals surface area contributed by atoms with Crippen LogP contribution in [0.1, 0.15) is 40.1 Å². The molecule has 1 N–H and O–H groups in total. The van der Waals surface area contributed by atoms with Crippen LogP contribution in [0.3, 0.4) is 0 Å². The maximum atomic E-state index is 12.6. The fourth-order valence-electron chi connectivity index (χ4n) is 3.78. The van der Waals surface area contributed by atoms with Crippen LogP contribution in [-0.2, 0) is 4.74 Å². The first-order valence-corrected chi connectivity index (χ1v) is 8.96. The lowest BCUT2D eigenvalue weighted by Crippen LogP contribution is -2.56. The van der Waals surface area contributed by atoms with Gasteiger partial charge in [0.15, 0.2) is 12.2 Å². The minimum atomic E-state index is -4.63. The number of ether oxygens (including phenoxy) is 1. The summed E-state index contributed by atoms with van der Waals surface area (Å²) in [6.07, 6.45) is 0.726. The van der Waals surface area contributed by atoms with E-state index in [-0.39, 0.29) is 28.4 Å². The third-order valence-corrected chi connectivity index (χ3v) is 5.22. The van der Waals surface area contributed by atoms with E-state index in [1.165, 1.54) is 12.3 Å². The van der Waals surface area contributed by atoms with E-state index in [1.54, 1.807) is 0 Å². The highest BCUT2D eigenvalue weighted by Crippen LogP contribution is 2.31. The molecule has 0 aliphatic carbocycles. The van der Waals surface area contributed by atoms with Crippen LogP contribution in [0.4, 0.5) is 13.2 Å². The predicted molar refractivity (Wildman–Crippen MR) is 90.5 cm³/mol. The van der Waals surface area contributed by atoms with E-state index in [2.05, 4.69) is 19.9 Å². The van der Waals surface area contributed by atoms with Crippen LogP contribution in [0.15, 0.2) is 22.9 Å². The first-order valence-electron chi connectivity index (χ1n) is 8.96. The number of carbonyl (C=O) groups is 2. The molecule has 10 heteroatoms. The molecule has 150 valence electrons. The van der Waals surface area contributed by atoms with Crippen molar-refractivity contribution >= 4 is 22.8 Å². The van der Waals surface area contributed by atoms with Gasteiger partial charge in [0.05, 0.1) is 12.4 Å². The predicted octanol–water partition coefficient (Wildman–Crippen LogP) is 2.72. The van der Waals surface area contributed by atoms with Crippen molar-refractivity contribution in [3.63, 3.8) is 0 Å². The molecule has 5 rings (SSSR count). The maximum absolute atomic E-state index is 12.6. The topological polar surface area (TPSA) is 84.7 Å². The van der Waals surface area contributed by atoms with Crippen LogP contribution in [0.2, 0.25) is 0 Å². The SMILES string of the molecule is O=C(NC1CC2CCN1CC2)c1cc2c(C(=O)OCC(F)(F)F)coc2cn1. The number of amides is 1. The van der Waals surface area contributed by atoms with Crippen molar-refractivity contribution in [2.75, 3.05) is 19.7 Å². The van der Waals surface area contributed by atoms with Crippen LogP contribution in [0, 0.1) is 5.92 Å². The molecule has 2 aromatic heterocycles. The molecular weight excluding hydrogens is 379 g/mol. The number of piperidine rings is 3. The molecule has 1 atom stereocenters.